The van der Waals surface area contributed by atoms with Crippen LogP contribution in [-0.4, -0.2) is 41.3 Å². The van der Waals surface area contributed by atoms with Gasteiger partial charge in [-0.05, 0) is 38.8 Å². The average Bonchev–Trinajstić information content (AvgIpc) is 2.98. The van der Waals surface area contributed by atoms with Gasteiger partial charge in [0, 0.05) is 18.6 Å². The number of hydrogen-bond donors (Lipinski definition) is 1. The molecule has 4 nitrogen and oxygen atoms in total. The van der Waals surface area contributed by atoms with Crippen molar-refractivity contribution in [2.24, 2.45) is 0 Å². The summed E-state index contributed by atoms with van der Waals surface area (Å²) in [6.45, 7) is 5.91. The Bertz CT molecular complexity index is 371. The molecule has 0 aromatic carbocycles. The summed E-state index contributed by atoms with van der Waals surface area (Å²) in [4.78, 5) is 2.44. The van der Waals surface area contributed by atoms with Gasteiger partial charge in [0.25, 0.3) is 0 Å². The first-order valence-electron chi connectivity index (χ1n) is 8.20. The molecule has 1 aromatic heterocycles. The number of ether oxygens (including phenoxy) is 1. The van der Waals surface area contributed by atoms with Gasteiger partial charge in [0.15, 0.2) is 0 Å². The fourth-order valence-corrected chi connectivity index (χ4v) is 3.18. The van der Waals surface area contributed by atoms with Gasteiger partial charge in [-0.15, -0.1) is 0 Å². The Morgan fingerprint density at radius 1 is 1.33 bits per heavy atom. The van der Waals surface area contributed by atoms with Crippen LogP contribution in [0, 0.1) is 0 Å². The van der Waals surface area contributed by atoms with Crippen molar-refractivity contribution in [3.05, 3.63) is 24.2 Å². The van der Waals surface area contributed by atoms with Crippen molar-refractivity contribution in [2.75, 3.05) is 13.2 Å². The summed E-state index contributed by atoms with van der Waals surface area (Å²) >= 11 is 0. The first-order valence-corrected chi connectivity index (χ1v) is 8.20. The summed E-state index contributed by atoms with van der Waals surface area (Å²) in [6.07, 6.45) is 7.72. The van der Waals surface area contributed by atoms with Crippen molar-refractivity contribution < 1.29 is 14.3 Å². The highest BCUT2D eigenvalue weighted by atomic mass is 16.5. The van der Waals surface area contributed by atoms with E-state index in [0.29, 0.717) is 31.8 Å². The van der Waals surface area contributed by atoms with Gasteiger partial charge in [-0.1, -0.05) is 19.3 Å². The lowest BCUT2D eigenvalue weighted by Crippen LogP contribution is -2.46. The van der Waals surface area contributed by atoms with Crippen LogP contribution < -0.4 is 0 Å². The summed E-state index contributed by atoms with van der Waals surface area (Å²) in [6, 6.07) is 4.82. The van der Waals surface area contributed by atoms with Gasteiger partial charge >= 0.3 is 0 Å². The zero-order valence-corrected chi connectivity index (χ0v) is 13.3. The second-order valence-corrected chi connectivity index (χ2v) is 6.33. The zero-order valence-electron chi connectivity index (χ0n) is 13.3. The smallest absolute Gasteiger partial charge is 0.129 e. The predicted octanol–water partition coefficient (Wildman–Crippen LogP) is 3.20. The van der Waals surface area contributed by atoms with Crippen LogP contribution in [0.1, 0.15) is 51.7 Å². The predicted molar refractivity (Wildman–Crippen MR) is 83.1 cm³/mol. The van der Waals surface area contributed by atoms with Gasteiger partial charge in [-0.3, -0.25) is 4.90 Å². The first-order chi connectivity index (χ1) is 10.2. The summed E-state index contributed by atoms with van der Waals surface area (Å²) in [5.41, 5.74) is 0. The van der Waals surface area contributed by atoms with Gasteiger partial charge < -0.3 is 14.3 Å². The Balaban J connectivity index is 1.73. The minimum absolute atomic E-state index is 0.358. The molecule has 1 aliphatic rings. The number of hydrogen-bond acceptors (Lipinski definition) is 4. The number of nitrogens with zero attached hydrogens (tertiary/aromatic N) is 1. The molecule has 0 aliphatic heterocycles. The van der Waals surface area contributed by atoms with Crippen molar-refractivity contribution in [1.82, 2.24) is 4.90 Å². The lowest BCUT2D eigenvalue weighted by molar-refractivity contribution is -0.0126. The van der Waals surface area contributed by atoms with E-state index in [-0.39, 0.29) is 0 Å². The van der Waals surface area contributed by atoms with Crippen molar-refractivity contribution in [1.29, 1.82) is 0 Å². The van der Waals surface area contributed by atoms with E-state index in [1.54, 1.807) is 6.26 Å². The van der Waals surface area contributed by atoms with E-state index >= 15 is 0 Å². The number of aliphatic hydroxyl groups excluding tert-OH is 1. The Morgan fingerprint density at radius 2 is 2.10 bits per heavy atom. The Kier molecular flexibility index (Phi) is 6.74. The molecule has 1 fully saturated rings. The van der Waals surface area contributed by atoms with Crippen molar-refractivity contribution in [3.63, 3.8) is 0 Å². The van der Waals surface area contributed by atoms with Crippen LogP contribution in [0.3, 0.4) is 0 Å². The summed E-state index contributed by atoms with van der Waals surface area (Å²) in [5, 5.41) is 10.2. The monoisotopic (exact) mass is 295 g/mol. The molecule has 0 amide bonds. The lowest BCUT2D eigenvalue weighted by Gasteiger charge is -2.38. The van der Waals surface area contributed by atoms with Crippen molar-refractivity contribution in [3.8, 4) is 0 Å². The van der Waals surface area contributed by atoms with Crippen LogP contribution >= 0.6 is 0 Å². The average molecular weight is 295 g/mol. The fraction of sp³-hybridized carbons (Fsp3) is 0.765. The molecule has 0 radical (unpaired) electrons. The van der Waals surface area contributed by atoms with E-state index < -0.39 is 6.10 Å². The molecule has 120 valence electrons. The maximum atomic E-state index is 10.2. The molecule has 4 heteroatoms. The van der Waals surface area contributed by atoms with E-state index in [1.807, 2.05) is 12.1 Å². The molecule has 1 aromatic rings. The van der Waals surface area contributed by atoms with Gasteiger partial charge in [-0.25, -0.2) is 0 Å². The topological polar surface area (TPSA) is 45.8 Å². The molecule has 0 bridgehead atoms. The third-order valence-electron chi connectivity index (χ3n) is 4.26. The first kappa shape index (κ1) is 16.5. The van der Waals surface area contributed by atoms with E-state index in [0.717, 1.165) is 5.76 Å². The molecule has 1 N–H and O–H groups in total. The quantitative estimate of drug-likeness (QED) is 0.800. The summed E-state index contributed by atoms with van der Waals surface area (Å²) in [5.74, 6) is 0.801. The molecule has 1 aliphatic carbocycles. The Labute approximate surface area is 128 Å². The molecule has 1 saturated carbocycles. The third kappa shape index (κ3) is 5.46. The lowest BCUT2D eigenvalue weighted by atomic mass is 9.93. The van der Waals surface area contributed by atoms with Crippen LogP contribution in [-0.2, 0) is 11.3 Å². The van der Waals surface area contributed by atoms with E-state index in [4.69, 9.17) is 9.15 Å². The minimum Gasteiger partial charge on any atom is -0.467 e. The number of rotatable bonds is 8. The molecule has 2 rings (SSSR count). The van der Waals surface area contributed by atoms with Crippen LogP contribution in [0.5, 0.6) is 0 Å². The summed E-state index contributed by atoms with van der Waals surface area (Å²) in [7, 11) is 0. The number of aliphatic hydroxyl groups is 1. The fourth-order valence-electron chi connectivity index (χ4n) is 3.18. The van der Waals surface area contributed by atoms with E-state index in [1.165, 1.54) is 32.1 Å². The van der Waals surface area contributed by atoms with Gasteiger partial charge in [0.05, 0.1) is 19.0 Å². The molecular weight excluding hydrogens is 266 g/mol. The summed E-state index contributed by atoms with van der Waals surface area (Å²) < 4.78 is 10.8. The van der Waals surface area contributed by atoms with E-state index in [9.17, 15) is 5.11 Å². The molecule has 21 heavy (non-hydrogen) atoms. The standard InChI is InChI=1S/C17H29NO3/c1-14(2)18(15-7-4-3-5-8-15)11-16(19)12-20-13-17-9-6-10-21-17/h6,9-10,14-16,19H,3-5,7-8,11-13H2,1-2H3. The van der Waals surface area contributed by atoms with Gasteiger partial charge in [0.2, 0.25) is 0 Å². The molecule has 0 spiro atoms. The van der Waals surface area contributed by atoms with Crippen molar-refractivity contribution in [2.45, 2.75) is 70.7 Å². The molecule has 1 atom stereocenters. The Hall–Kier alpha value is -0.840. The minimum atomic E-state index is -0.440. The number of furan rings is 1. The maximum Gasteiger partial charge on any atom is 0.129 e. The van der Waals surface area contributed by atoms with Crippen LogP contribution in [0.4, 0.5) is 0 Å². The normalized spacial score (nSPS) is 18.5. The van der Waals surface area contributed by atoms with Crippen molar-refractivity contribution >= 4 is 0 Å². The third-order valence-corrected chi connectivity index (χ3v) is 4.26. The van der Waals surface area contributed by atoms with Gasteiger partial charge in [-0.2, -0.15) is 0 Å². The highest BCUT2D eigenvalue weighted by Gasteiger charge is 2.25. The SMILES string of the molecule is CC(C)N(CC(O)COCc1ccco1)C1CCCCC1. The van der Waals surface area contributed by atoms with Crippen LogP contribution in [0.2, 0.25) is 0 Å². The highest BCUT2D eigenvalue weighted by molar-refractivity contribution is 4.96. The second-order valence-electron chi connectivity index (χ2n) is 6.33. The van der Waals surface area contributed by atoms with Gasteiger partial charge in [0.1, 0.15) is 12.4 Å². The molecule has 1 unspecified atom stereocenters. The largest absolute Gasteiger partial charge is 0.467 e. The zero-order chi connectivity index (χ0) is 15.1. The van der Waals surface area contributed by atoms with Crippen LogP contribution in [0.25, 0.3) is 0 Å². The highest BCUT2D eigenvalue weighted by Crippen LogP contribution is 2.24. The Morgan fingerprint density at radius 3 is 2.71 bits per heavy atom. The molecule has 1 heterocycles. The molecular formula is C17H29NO3. The van der Waals surface area contributed by atoms with E-state index in [2.05, 4.69) is 18.7 Å². The second kappa shape index (κ2) is 8.57. The molecule has 0 saturated heterocycles. The maximum absolute atomic E-state index is 10.2. The van der Waals surface area contributed by atoms with Crippen LogP contribution in [0.15, 0.2) is 22.8 Å².